The zero-order valence-electron chi connectivity index (χ0n) is 16.5. The summed E-state index contributed by atoms with van der Waals surface area (Å²) < 4.78 is 90.1. The Kier molecular flexibility index (Phi) is 8.77. The van der Waals surface area contributed by atoms with E-state index in [2.05, 4.69) is 8.92 Å². The fraction of sp³-hybridized carbons (Fsp3) is 0.733. The molecule has 1 aliphatic heterocycles. The molecule has 0 aliphatic carbocycles. The van der Waals surface area contributed by atoms with E-state index in [1.165, 1.54) is 0 Å². The highest BCUT2D eigenvalue weighted by Crippen LogP contribution is 2.34. The van der Waals surface area contributed by atoms with Crippen LogP contribution in [0.1, 0.15) is 27.7 Å². The van der Waals surface area contributed by atoms with Gasteiger partial charge in [0.15, 0.2) is 18.3 Å². The summed E-state index contributed by atoms with van der Waals surface area (Å²) in [5, 5.41) is 0. The predicted molar refractivity (Wildman–Crippen MR) is 88.0 cm³/mol. The van der Waals surface area contributed by atoms with Crippen LogP contribution in [0.3, 0.4) is 0 Å². The van der Waals surface area contributed by atoms with Crippen LogP contribution >= 0.6 is 0 Å². The standard InChI is InChI=1S/C15H19F3O12S/c1-6(19)25-5-10-11(26-7(2)20)12(27-8(3)21)13(14(29-10)28-9(4)22)30-31(23,24)15(16,17)18/h10-14H,5H2,1-4H3/t10-,11-,12+,13-,14+/m0/s1. The molecule has 5 atom stereocenters. The lowest BCUT2D eigenvalue weighted by molar-refractivity contribution is -0.292. The molecule has 0 spiro atoms. The summed E-state index contributed by atoms with van der Waals surface area (Å²) in [4.78, 5) is 45.5. The number of carbonyl (C=O) groups excluding carboxylic acids is 4. The highest BCUT2D eigenvalue weighted by molar-refractivity contribution is 7.87. The minimum atomic E-state index is -6.32. The van der Waals surface area contributed by atoms with Crippen molar-refractivity contribution in [2.45, 2.75) is 63.9 Å². The average molecular weight is 480 g/mol. The van der Waals surface area contributed by atoms with Crippen molar-refractivity contribution in [2.24, 2.45) is 0 Å². The molecular weight excluding hydrogens is 461 g/mol. The van der Waals surface area contributed by atoms with Crippen molar-refractivity contribution in [1.82, 2.24) is 0 Å². The Morgan fingerprint density at radius 1 is 0.806 bits per heavy atom. The van der Waals surface area contributed by atoms with Crippen LogP contribution in [-0.4, -0.2) is 75.1 Å². The van der Waals surface area contributed by atoms with Gasteiger partial charge in [0.2, 0.25) is 6.29 Å². The molecule has 0 aromatic heterocycles. The SMILES string of the molecule is CC(=O)OC[C@@H]1O[C@@H](OC(C)=O)[C@@H](OS(=O)(=O)C(F)(F)F)[C@H](OC(C)=O)[C@H]1OC(C)=O. The van der Waals surface area contributed by atoms with Crippen LogP contribution in [0, 0.1) is 0 Å². The second-order valence-corrected chi connectivity index (χ2v) is 7.63. The van der Waals surface area contributed by atoms with Gasteiger partial charge in [-0.2, -0.15) is 21.6 Å². The molecule has 31 heavy (non-hydrogen) atoms. The zero-order valence-corrected chi connectivity index (χ0v) is 17.4. The topological polar surface area (TPSA) is 158 Å². The van der Waals surface area contributed by atoms with Gasteiger partial charge in [0.25, 0.3) is 0 Å². The molecule has 1 fully saturated rings. The first kappa shape index (κ1) is 26.6. The van der Waals surface area contributed by atoms with E-state index < -0.39 is 76.8 Å². The van der Waals surface area contributed by atoms with Crippen molar-refractivity contribution < 1.29 is 68.6 Å². The second-order valence-electron chi connectivity index (χ2n) is 6.06. The number of alkyl halides is 3. The van der Waals surface area contributed by atoms with Crippen LogP contribution in [-0.2, 0) is 57.2 Å². The van der Waals surface area contributed by atoms with E-state index in [-0.39, 0.29) is 0 Å². The maximum atomic E-state index is 12.8. The summed E-state index contributed by atoms with van der Waals surface area (Å²) in [5.41, 5.74) is -5.90. The zero-order chi connectivity index (χ0) is 24.1. The first-order valence-electron chi connectivity index (χ1n) is 8.35. The summed E-state index contributed by atoms with van der Waals surface area (Å²) >= 11 is 0. The third-order valence-corrected chi connectivity index (χ3v) is 4.49. The van der Waals surface area contributed by atoms with Crippen LogP contribution in [0.25, 0.3) is 0 Å². The molecule has 0 bridgehead atoms. The molecule has 1 aliphatic rings. The molecule has 0 aromatic rings. The third kappa shape index (κ3) is 7.62. The lowest BCUT2D eigenvalue weighted by Gasteiger charge is -2.43. The minimum absolute atomic E-state index is 0.693. The largest absolute Gasteiger partial charge is 0.523 e. The monoisotopic (exact) mass is 480 g/mol. The Morgan fingerprint density at radius 3 is 1.71 bits per heavy atom. The normalized spacial score (nSPS) is 26.5. The smallest absolute Gasteiger partial charge is 0.463 e. The number of rotatable bonds is 7. The Labute approximate surface area is 174 Å². The summed E-state index contributed by atoms with van der Waals surface area (Å²) in [5.74, 6) is -4.16. The Hall–Kier alpha value is -2.46. The summed E-state index contributed by atoms with van der Waals surface area (Å²) in [7, 11) is -6.32. The quantitative estimate of drug-likeness (QED) is 0.207. The number of hydrogen-bond acceptors (Lipinski definition) is 12. The lowest BCUT2D eigenvalue weighted by Crippen LogP contribution is -2.63. The molecule has 0 radical (unpaired) electrons. The number of esters is 4. The van der Waals surface area contributed by atoms with Crippen molar-refractivity contribution >= 4 is 34.0 Å². The molecule has 178 valence electrons. The number of carbonyl (C=O) groups is 4. The average Bonchev–Trinajstić information content (AvgIpc) is 2.56. The van der Waals surface area contributed by atoms with Crippen LogP contribution in [0.2, 0.25) is 0 Å². The number of hydrogen-bond donors (Lipinski definition) is 0. The van der Waals surface area contributed by atoms with Gasteiger partial charge in [-0.25, -0.2) is 4.18 Å². The van der Waals surface area contributed by atoms with Gasteiger partial charge in [0, 0.05) is 27.7 Å². The summed E-state index contributed by atoms with van der Waals surface area (Å²) in [6, 6.07) is 0. The molecule has 16 heteroatoms. The van der Waals surface area contributed by atoms with E-state index >= 15 is 0 Å². The molecule has 0 saturated carbocycles. The van der Waals surface area contributed by atoms with Crippen LogP contribution < -0.4 is 0 Å². The molecular formula is C15H19F3O12S. The Balaban J connectivity index is 3.50. The third-order valence-electron chi connectivity index (χ3n) is 3.45. The van der Waals surface area contributed by atoms with E-state index in [4.69, 9.17) is 18.9 Å². The molecule has 1 rings (SSSR count). The fourth-order valence-corrected chi connectivity index (χ4v) is 3.04. The van der Waals surface area contributed by atoms with Crippen molar-refractivity contribution in [3.05, 3.63) is 0 Å². The maximum absolute atomic E-state index is 12.8. The van der Waals surface area contributed by atoms with Crippen LogP contribution in [0.15, 0.2) is 0 Å². The highest BCUT2D eigenvalue weighted by Gasteiger charge is 2.58. The number of ether oxygens (including phenoxy) is 5. The Morgan fingerprint density at radius 2 is 1.29 bits per heavy atom. The van der Waals surface area contributed by atoms with E-state index in [1.54, 1.807) is 0 Å². The van der Waals surface area contributed by atoms with Gasteiger partial charge in [0.1, 0.15) is 12.7 Å². The van der Waals surface area contributed by atoms with Gasteiger partial charge >= 0.3 is 39.5 Å². The van der Waals surface area contributed by atoms with E-state index in [0.717, 1.165) is 27.7 Å². The Bertz CT molecular complexity index is 809. The molecule has 12 nitrogen and oxygen atoms in total. The lowest BCUT2D eigenvalue weighted by atomic mass is 9.98. The summed E-state index contributed by atoms with van der Waals surface area (Å²) in [6.07, 6.45) is -10.0. The first-order valence-corrected chi connectivity index (χ1v) is 9.76. The van der Waals surface area contributed by atoms with Gasteiger partial charge in [-0.05, 0) is 0 Å². The van der Waals surface area contributed by atoms with Crippen molar-refractivity contribution in [3.63, 3.8) is 0 Å². The van der Waals surface area contributed by atoms with Crippen molar-refractivity contribution in [3.8, 4) is 0 Å². The molecule has 1 saturated heterocycles. The van der Waals surface area contributed by atoms with Gasteiger partial charge in [0.05, 0.1) is 0 Å². The van der Waals surface area contributed by atoms with Crippen molar-refractivity contribution in [2.75, 3.05) is 6.61 Å². The van der Waals surface area contributed by atoms with Gasteiger partial charge in [-0.3, -0.25) is 19.2 Å². The number of halogens is 3. The predicted octanol–water partition coefficient (Wildman–Crippen LogP) is -0.0643. The first-order chi connectivity index (χ1) is 14.0. The molecule has 0 aromatic carbocycles. The molecule has 1 heterocycles. The van der Waals surface area contributed by atoms with Crippen LogP contribution in [0.4, 0.5) is 13.2 Å². The molecule has 0 N–H and O–H groups in total. The second kappa shape index (κ2) is 10.2. The molecule has 0 unspecified atom stereocenters. The molecule has 0 amide bonds. The van der Waals surface area contributed by atoms with E-state index in [0.29, 0.717) is 0 Å². The maximum Gasteiger partial charge on any atom is 0.523 e. The minimum Gasteiger partial charge on any atom is -0.463 e. The fourth-order valence-electron chi connectivity index (χ4n) is 2.43. The summed E-state index contributed by atoms with van der Waals surface area (Å²) in [6.45, 7) is 2.82. The highest BCUT2D eigenvalue weighted by atomic mass is 32.2. The van der Waals surface area contributed by atoms with Gasteiger partial charge in [-0.1, -0.05) is 0 Å². The van der Waals surface area contributed by atoms with Crippen molar-refractivity contribution in [1.29, 1.82) is 0 Å². The van der Waals surface area contributed by atoms with E-state index in [1.807, 2.05) is 0 Å². The van der Waals surface area contributed by atoms with Gasteiger partial charge < -0.3 is 23.7 Å². The van der Waals surface area contributed by atoms with Gasteiger partial charge in [-0.15, -0.1) is 0 Å². The van der Waals surface area contributed by atoms with Crippen LogP contribution in [0.5, 0.6) is 0 Å². The van der Waals surface area contributed by atoms with E-state index in [9.17, 15) is 40.8 Å².